The smallest absolute Gasteiger partial charge is 0.287 e. The van der Waals surface area contributed by atoms with E-state index in [0.29, 0.717) is 22.9 Å². The summed E-state index contributed by atoms with van der Waals surface area (Å²) in [5.41, 5.74) is 2.95. The molecule has 0 aliphatic heterocycles. The van der Waals surface area contributed by atoms with Crippen molar-refractivity contribution < 1.29 is 13.6 Å². The number of hydrogen-bond acceptors (Lipinski definition) is 6. The second kappa shape index (κ2) is 5.44. The molecule has 0 saturated carbocycles. The third kappa shape index (κ3) is 2.37. The fourth-order valence-electron chi connectivity index (χ4n) is 2.78. The van der Waals surface area contributed by atoms with Crippen molar-refractivity contribution in [2.75, 3.05) is 0 Å². The van der Waals surface area contributed by atoms with Gasteiger partial charge < -0.3 is 14.2 Å². The molecule has 128 valence electrons. The standard InChI is InChI=1S/C17H17N5O3/c1-8-5-6-24-13(8)16(23)19-10(3)14-20-15-12-9(2)11(4)25-17(12)18-7-22(15)21-14/h5-7,10H,1-4H3,(H,19,23). The Balaban J connectivity index is 1.70. The zero-order valence-corrected chi connectivity index (χ0v) is 14.3. The van der Waals surface area contributed by atoms with Crippen molar-refractivity contribution in [2.45, 2.75) is 33.7 Å². The summed E-state index contributed by atoms with van der Waals surface area (Å²) in [6.07, 6.45) is 3.05. The van der Waals surface area contributed by atoms with Gasteiger partial charge in [0.1, 0.15) is 12.1 Å². The molecule has 1 unspecified atom stereocenters. The first-order valence-corrected chi connectivity index (χ1v) is 7.91. The Labute approximate surface area is 142 Å². The van der Waals surface area contributed by atoms with Crippen LogP contribution in [0.25, 0.3) is 16.7 Å². The first-order valence-electron chi connectivity index (χ1n) is 7.91. The lowest BCUT2D eigenvalue weighted by Gasteiger charge is -2.09. The Bertz CT molecular complexity index is 1100. The van der Waals surface area contributed by atoms with Gasteiger partial charge in [-0.1, -0.05) is 0 Å². The molecule has 1 N–H and O–H groups in total. The number of carbonyl (C=O) groups excluding carboxylic acids is 1. The van der Waals surface area contributed by atoms with Crippen LogP contribution in [0.1, 0.15) is 46.2 Å². The quantitative estimate of drug-likeness (QED) is 0.616. The molecule has 8 heteroatoms. The van der Waals surface area contributed by atoms with Crippen molar-refractivity contribution in [1.82, 2.24) is 24.9 Å². The summed E-state index contributed by atoms with van der Waals surface area (Å²) in [4.78, 5) is 21.1. The average Bonchev–Trinajstić information content (AvgIpc) is 3.25. The minimum Gasteiger partial charge on any atom is -0.459 e. The lowest BCUT2D eigenvalue weighted by atomic mass is 10.2. The number of aryl methyl sites for hydroxylation is 3. The lowest BCUT2D eigenvalue weighted by Crippen LogP contribution is -2.27. The summed E-state index contributed by atoms with van der Waals surface area (Å²) in [7, 11) is 0. The topological polar surface area (TPSA) is 98.5 Å². The number of amides is 1. The Morgan fingerprint density at radius 1 is 1.32 bits per heavy atom. The van der Waals surface area contributed by atoms with E-state index in [1.54, 1.807) is 16.9 Å². The van der Waals surface area contributed by atoms with Crippen molar-refractivity contribution in [3.05, 3.63) is 47.1 Å². The molecular formula is C17H17N5O3. The van der Waals surface area contributed by atoms with Crippen LogP contribution in [0.15, 0.2) is 27.5 Å². The van der Waals surface area contributed by atoms with Gasteiger partial charge in [0.25, 0.3) is 5.91 Å². The number of fused-ring (bicyclic) bond motifs is 3. The van der Waals surface area contributed by atoms with E-state index in [0.717, 1.165) is 22.3 Å². The van der Waals surface area contributed by atoms with E-state index in [4.69, 9.17) is 8.83 Å². The molecule has 0 aliphatic carbocycles. The number of nitrogens with one attached hydrogen (secondary N) is 1. The molecule has 0 spiro atoms. The summed E-state index contributed by atoms with van der Waals surface area (Å²) < 4.78 is 12.4. The number of nitrogens with zero attached hydrogens (tertiary/aromatic N) is 4. The summed E-state index contributed by atoms with van der Waals surface area (Å²) in [6.45, 7) is 7.49. The SMILES string of the molecule is Cc1ccoc1C(=O)NC(C)c1nc2c3c(C)c(C)oc3ncn2n1. The Hall–Kier alpha value is -3.16. The van der Waals surface area contributed by atoms with Crippen LogP contribution < -0.4 is 5.32 Å². The first kappa shape index (κ1) is 15.4. The van der Waals surface area contributed by atoms with E-state index < -0.39 is 0 Å². The zero-order valence-electron chi connectivity index (χ0n) is 14.3. The molecule has 1 atom stereocenters. The van der Waals surface area contributed by atoms with Crippen molar-refractivity contribution in [1.29, 1.82) is 0 Å². The highest BCUT2D eigenvalue weighted by Gasteiger charge is 2.21. The van der Waals surface area contributed by atoms with Gasteiger partial charge in [0.05, 0.1) is 17.7 Å². The van der Waals surface area contributed by atoms with Gasteiger partial charge in [0.15, 0.2) is 17.2 Å². The molecule has 0 aromatic carbocycles. The molecule has 4 aromatic heterocycles. The Morgan fingerprint density at radius 2 is 2.12 bits per heavy atom. The Morgan fingerprint density at radius 3 is 2.84 bits per heavy atom. The highest BCUT2D eigenvalue weighted by Crippen LogP contribution is 2.26. The van der Waals surface area contributed by atoms with Crippen LogP contribution in [0, 0.1) is 20.8 Å². The number of aromatic nitrogens is 4. The number of carbonyl (C=O) groups is 1. The predicted molar refractivity (Wildman–Crippen MR) is 89.4 cm³/mol. The van der Waals surface area contributed by atoms with Crippen LogP contribution in [-0.2, 0) is 0 Å². The maximum atomic E-state index is 12.3. The van der Waals surface area contributed by atoms with Gasteiger partial charge in [-0.2, -0.15) is 0 Å². The number of hydrogen-bond donors (Lipinski definition) is 1. The molecule has 25 heavy (non-hydrogen) atoms. The minimum atomic E-state index is -0.389. The molecule has 0 fully saturated rings. The Kier molecular flexibility index (Phi) is 3.34. The van der Waals surface area contributed by atoms with Gasteiger partial charge in [0, 0.05) is 11.1 Å². The highest BCUT2D eigenvalue weighted by atomic mass is 16.3. The van der Waals surface area contributed by atoms with E-state index in [2.05, 4.69) is 20.4 Å². The first-order chi connectivity index (χ1) is 12.0. The number of furan rings is 2. The third-order valence-electron chi connectivity index (χ3n) is 4.33. The highest BCUT2D eigenvalue weighted by molar-refractivity contribution is 5.93. The van der Waals surface area contributed by atoms with Gasteiger partial charge in [-0.05, 0) is 33.8 Å². The third-order valence-corrected chi connectivity index (χ3v) is 4.33. The van der Waals surface area contributed by atoms with Crippen molar-refractivity contribution in [3.63, 3.8) is 0 Å². The molecule has 8 nitrogen and oxygen atoms in total. The van der Waals surface area contributed by atoms with Crippen LogP contribution in [0.4, 0.5) is 0 Å². The largest absolute Gasteiger partial charge is 0.459 e. The lowest BCUT2D eigenvalue weighted by molar-refractivity contribution is 0.0909. The van der Waals surface area contributed by atoms with E-state index in [1.807, 2.05) is 27.7 Å². The molecule has 0 aliphatic rings. The van der Waals surface area contributed by atoms with Crippen LogP contribution in [0.3, 0.4) is 0 Å². The van der Waals surface area contributed by atoms with Crippen LogP contribution in [0.2, 0.25) is 0 Å². The van der Waals surface area contributed by atoms with E-state index >= 15 is 0 Å². The summed E-state index contributed by atoms with van der Waals surface area (Å²) >= 11 is 0. The minimum absolute atomic E-state index is 0.293. The fraction of sp³-hybridized carbons (Fsp3) is 0.294. The summed E-state index contributed by atoms with van der Waals surface area (Å²) in [5.74, 6) is 1.29. The van der Waals surface area contributed by atoms with E-state index in [1.165, 1.54) is 6.26 Å². The zero-order chi connectivity index (χ0) is 17.7. The monoisotopic (exact) mass is 339 g/mol. The van der Waals surface area contributed by atoms with Crippen LogP contribution in [0.5, 0.6) is 0 Å². The molecule has 4 rings (SSSR count). The second-order valence-electron chi connectivity index (χ2n) is 6.07. The normalized spacial score (nSPS) is 12.8. The fourth-order valence-corrected chi connectivity index (χ4v) is 2.78. The van der Waals surface area contributed by atoms with Crippen molar-refractivity contribution >= 4 is 22.7 Å². The van der Waals surface area contributed by atoms with Crippen molar-refractivity contribution in [3.8, 4) is 0 Å². The molecule has 0 saturated heterocycles. The summed E-state index contributed by atoms with van der Waals surface area (Å²) in [5, 5.41) is 8.11. The summed E-state index contributed by atoms with van der Waals surface area (Å²) in [6, 6.07) is 1.36. The molecule has 0 radical (unpaired) electrons. The van der Waals surface area contributed by atoms with E-state index in [9.17, 15) is 4.79 Å². The maximum Gasteiger partial charge on any atom is 0.287 e. The van der Waals surface area contributed by atoms with Crippen LogP contribution in [-0.4, -0.2) is 25.5 Å². The van der Waals surface area contributed by atoms with Gasteiger partial charge in [-0.15, -0.1) is 5.10 Å². The van der Waals surface area contributed by atoms with Gasteiger partial charge in [-0.3, -0.25) is 4.79 Å². The van der Waals surface area contributed by atoms with E-state index in [-0.39, 0.29) is 11.9 Å². The van der Waals surface area contributed by atoms with Crippen molar-refractivity contribution in [2.24, 2.45) is 0 Å². The molecule has 4 aromatic rings. The molecular weight excluding hydrogens is 322 g/mol. The van der Waals surface area contributed by atoms with Crippen LogP contribution >= 0.6 is 0 Å². The molecule has 0 bridgehead atoms. The molecule has 4 heterocycles. The number of rotatable bonds is 3. The second-order valence-corrected chi connectivity index (χ2v) is 6.07. The maximum absolute atomic E-state index is 12.3. The molecule has 1 amide bonds. The van der Waals surface area contributed by atoms with Gasteiger partial charge in [-0.25, -0.2) is 14.5 Å². The van der Waals surface area contributed by atoms with Gasteiger partial charge >= 0.3 is 0 Å². The van der Waals surface area contributed by atoms with Gasteiger partial charge in [0.2, 0.25) is 5.71 Å². The average molecular weight is 339 g/mol. The predicted octanol–water partition coefficient (Wildman–Crippen LogP) is 2.88.